The molecule has 2 nitrogen and oxygen atoms in total. The van der Waals surface area contributed by atoms with E-state index in [1.807, 2.05) is 36.4 Å². The van der Waals surface area contributed by atoms with Gasteiger partial charge < -0.3 is 0 Å². The fourth-order valence-corrected chi connectivity index (χ4v) is 2.14. The Morgan fingerprint density at radius 2 is 1.36 bits per heavy atom. The van der Waals surface area contributed by atoms with Crippen LogP contribution in [0.3, 0.4) is 0 Å². The van der Waals surface area contributed by atoms with E-state index in [-0.39, 0.29) is 20.1 Å². The molecule has 0 saturated heterocycles. The summed E-state index contributed by atoms with van der Waals surface area (Å²) in [6.07, 6.45) is 14.5. The number of hydrogen-bond acceptors (Lipinski definition) is 2. The molecule has 117 valence electrons. The second-order valence-electron chi connectivity index (χ2n) is 4.67. The smallest absolute Gasteiger partial charge is 0.0886 e. The molecular formula is C18H19ClIrN2. The molecule has 22 heavy (non-hydrogen) atoms. The molecule has 0 unspecified atom stereocenters. The van der Waals surface area contributed by atoms with E-state index in [4.69, 9.17) is 11.6 Å². The third kappa shape index (κ3) is 7.13. The first kappa shape index (κ1) is 18.8. The molecule has 0 spiro atoms. The quantitative estimate of drug-likeness (QED) is 0.501. The molecule has 0 atom stereocenters. The van der Waals surface area contributed by atoms with Crippen molar-refractivity contribution in [3.05, 3.63) is 72.1 Å². The van der Waals surface area contributed by atoms with E-state index in [1.54, 1.807) is 12.4 Å². The van der Waals surface area contributed by atoms with Gasteiger partial charge in [0.15, 0.2) is 0 Å². The van der Waals surface area contributed by atoms with E-state index in [9.17, 15) is 0 Å². The number of allylic oxidation sites excluding steroid dienone is 4. The van der Waals surface area contributed by atoms with Crippen LogP contribution in [0.5, 0.6) is 0 Å². The van der Waals surface area contributed by atoms with Crippen LogP contribution < -0.4 is 0 Å². The summed E-state index contributed by atoms with van der Waals surface area (Å²) in [6, 6.07) is 11.6. The first-order valence-electron chi connectivity index (χ1n) is 7.18. The fraction of sp³-hybridized carbons (Fsp3) is 0.222. The Balaban J connectivity index is 0.000000219. The van der Waals surface area contributed by atoms with Crippen molar-refractivity contribution < 1.29 is 20.1 Å². The van der Waals surface area contributed by atoms with Gasteiger partial charge in [0.1, 0.15) is 0 Å². The summed E-state index contributed by atoms with van der Waals surface area (Å²) in [5.41, 5.74) is 1.83. The molecule has 0 bridgehead atoms. The standard InChI is InChI=1S/C10H8N2.C8H11Cl.Ir/c1-3-7-11-9(5-1)10-6-2-4-8-12-10;9-8-6-4-2-1-3-5-7-8;/h1-8H;1-2,7H,3-6H2;. The van der Waals surface area contributed by atoms with E-state index in [1.165, 1.54) is 0 Å². The van der Waals surface area contributed by atoms with Crippen molar-refractivity contribution in [2.45, 2.75) is 25.7 Å². The molecule has 0 aromatic carbocycles. The van der Waals surface area contributed by atoms with Crippen LogP contribution in [0.15, 0.2) is 72.1 Å². The van der Waals surface area contributed by atoms with Crippen molar-refractivity contribution >= 4 is 11.6 Å². The molecule has 1 aliphatic rings. The number of nitrogens with zero attached hydrogens (tertiary/aromatic N) is 2. The zero-order valence-corrected chi connectivity index (χ0v) is 15.4. The van der Waals surface area contributed by atoms with Crippen molar-refractivity contribution in [3.8, 4) is 11.4 Å². The molecule has 1 aliphatic carbocycles. The zero-order valence-electron chi connectivity index (χ0n) is 12.3. The van der Waals surface area contributed by atoms with Gasteiger partial charge in [-0.05, 0) is 49.9 Å². The molecule has 4 heteroatoms. The Bertz CT molecular complexity index is 545. The van der Waals surface area contributed by atoms with Gasteiger partial charge in [-0.1, -0.05) is 42.0 Å². The van der Waals surface area contributed by atoms with Crippen LogP contribution in [0.1, 0.15) is 25.7 Å². The summed E-state index contributed by atoms with van der Waals surface area (Å²) in [5.74, 6) is 0. The van der Waals surface area contributed by atoms with Crippen LogP contribution in [-0.2, 0) is 20.1 Å². The first-order chi connectivity index (χ1) is 10.4. The van der Waals surface area contributed by atoms with Crippen molar-refractivity contribution in [1.82, 2.24) is 9.97 Å². The van der Waals surface area contributed by atoms with Gasteiger partial charge in [-0.25, -0.2) is 0 Å². The van der Waals surface area contributed by atoms with Crippen molar-refractivity contribution in [2.24, 2.45) is 0 Å². The maximum Gasteiger partial charge on any atom is 0.0886 e. The molecule has 2 heterocycles. The zero-order chi connectivity index (χ0) is 14.8. The summed E-state index contributed by atoms with van der Waals surface area (Å²) >= 11 is 5.82. The number of halogens is 1. The number of hydrogen-bond donors (Lipinski definition) is 0. The van der Waals surface area contributed by atoms with Crippen LogP contribution in [0, 0.1) is 0 Å². The summed E-state index contributed by atoms with van der Waals surface area (Å²) in [7, 11) is 0. The molecule has 0 fully saturated rings. The summed E-state index contributed by atoms with van der Waals surface area (Å²) in [5, 5.41) is 1.03. The van der Waals surface area contributed by atoms with Crippen molar-refractivity contribution in [1.29, 1.82) is 0 Å². The molecule has 2 aromatic heterocycles. The van der Waals surface area contributed by atoms with Crippen LogP contribution in [0.2, 0.25) is 0 Å². The van der Waals surface area contributed by atoms with Gasteiger partial charge in [-0.2, -0.15) is 0 Å². The first-order valence-corrected chi connectivity index (χ1v) is 7.56. The van der Waals surface area contributed by atoms with Gasteiger partial charge in [0.2, 0.25) is 0 Å². The Hall–Kier alpha value is -1.28. The minimum absolute atomic E-state index is 0. The van der Waals surface area contributed by atoms with E-state index < -0.39 is 0 Å². The predicted octanol–water partition coefficient (Wildman–Crippen LogP) is 5.38. The maximum absolute atomic E-state index is 5.82. The second-order valence-corrected chi connectivity index (χ2v) is 5.15. The summed E-state index contributed by atoms with van der Waals surface area (Å²) < 4.78 is 0. The fourth-order valence-electron chi connectivity index (χ4n) is 1.92. The maximum atomic E-state index is 5.82. The Labute approximate surface area is 150 Å². The van der Waals surface area contributed by atoms with Crippen LogP contribution in [0.25, 0.3) is 11.4 Å². The van der Waals surface area contributed by atoms with E-state index in [0.717, 1.165) is 42.1 Å². The Kier molecular flexibility index (Phi) is 9.65. The minimum Gasteiger partial charge on any atom is -0.255 e. The molecule has 0 amide bonds. The molecule has 1 radical (unpaired) electrons. The number of rotatable bonds is 1. The molecule has 3 rings (SSSR count). The van der Waals surface area contributed by atoms with Gasteiger partial charge in [0, 0.05) is 37.5 Å². The van der Waals surface area contributed by atoms with Crippen LogP contribution in [-0.4, -0.2) is 9.97 Å². The molecular weight excluding hydrogens is 472 g/mol. The summed E-state index contributed by atoms with van der Waals surface area (Å²) in [6.45, 7) is 0. The van der Waals surface area contributed by atoms with Crippen LogP contribution in [0.4, 0.5) is 0 Å². The molecule has 0 saturated carbocycles. The van der Waals surface area contributed by atoms with Crippen LogP contribution >= 0.6 is 11.6 Å². The third-order valence-electron chi connectivity index (χ3n) is 3.01. The SMILES string of the molecule is ClC1=CCCC=CCC1.[Ir].c1ccc(-c2ccccn2)nc1. The van der Waals surface area contributed by atoms with Gasteiger partial charge in [0.25, 0.3) is 0 Å². The van der Waals surface area contributed by atoms with E-state index in [2.05, 4.69) is 28.2 Å². The molecule has 2 aromatic rings. The normalized spacial score (nSPS) is 13.6. The number of aromatic nitrogens is 2. The van der Waals surface area contributed by atoms with Gasteiger partial charge in [-0.3, -0.25) is 9.97 Å². The average molecular weight is 491 g/mol. The average Bonchev–Trinajstić information content (AvgIpc) is 2.53. The van der Waals surface area contributed by atoms with E-state index in [0.29, 0.717) is 0 Å². The van der Waals surface area contributed by atoms with Gasteiger partial charge >= 0.3 is 0 Å². The van der Waals surface area contributed by atoms with Gasteiger partial charge in [-0.15, -0.1) is 0 Å². The molecule has 0 N–H and O–H groups in total. The Morgan fingerprint density at radius 3 is 1.91 bits per heavy atom. The van der Waals surface area contributed by atoms with Crippen molar-refractivity contribution in [2.75, 3.05) is 0 Å². The van der Waals surface area contributed by atoms with E-state index >= 15 is 0 Å². The van der Waals surface area contributed by atoms with Crippen molar-refractivity contribution in [3.63, 3.8) is 0 Å². The second kappa shape index (κ2) is 11.3. The predicted molar refractivity (Wildman–Crippen MR) is 89.0 cm³/mol. The number of pyridine rings is 2. The topological polar surface area (TPSA) is 25.8 Å². The van der Waals surface area contributed by atoms with Gasteiger partial charge in [0.05, 0.1) is 11.4 Å². The third-order valence-corrected chi connectivity index (χ3v) is 3.35. The Morgan fingerprint density at radius 1 is 0.773 bits per heavy atom. The minimum atomic E-state index is 0. The monoisotopic (exact) mass is 491 g/mol. The molecule has 0 aliphatic heterocycles. The largest absolute Gasteiger partial charge is 0.255 e. The summed E-state index contributed by atoms with van der Waals surface area (Å²) in [4.78, 5) is 8.37.